The highest BCUT2D eigenvalue weighted by molar-refractivity contribution is 9.10. The van der Waals surface area contributed by atoms with Crippen LogP contribution in [0.25, 0.3) is 0 Å². The van der Waals surface area contributed by atoms with Crippen molar-refractivity contribution in [3.05, 3.63) is 61.0 Å². The fraction of sp³-hybridized carbons (Fsp3) is 0.143. The number of nitrogens with zero attached hydrogens (tertiary/aromatic N) is 1. The van der Waals surface area contributed by atoms with Gasteiger partial charge < -0.3 is 10.1 Å². The van der Waals surface area contributed by atoms with Crippen LogP contribution >= 0.6 is 31.9 Å². The first-order valence-electron chi connectivity index (χ1n) is 6.05. The van der Waals surface area contributed by atoms with Crippen LogP contribution in [0.15, 0.2) is 45.3 Å². The number of halogens is 2. The summed E-state index contributed by atoms with van der Waals surface area (Å²) < 4.78 is 7.28. The quantitative estimate of drug-likeness (QED) is 0.571. The molecule has 110 valence electrons. The molecular weight excluding hydrogens is 404 g/mol. The number of rotatable bonds is 5. The summed E-state index contributed by atoms with van der Waals surface area (Å²) in [5.74, 6) is 1.05. The Bertz CT molecular complexity index is 677. The fourth-order valence-electron chi connectivity index (χ4n) is 1.80. The lowest BCUT2D eigenvalue weighted by Gasteiger charge is -2.12. The SMILES string of the molecule is CNCc1ccc(Br)cc1Oc1cc(Br)cc([N+](=O)[O-])c1. The summed E-state index contributed by atoms with van der Waals surface area (Å²) in [5, 5.41) is 14.0. The Labute approximate surface area is 138 Å². The molecular formula is C14H12Br2N2O3. The smallest absolute Gasteiger partial charge is 0.274 e. The van der Waals surface area contributed by atoms with Crippen molar-refractivity contribution < 1.29 is 9.66 Å². The molecule has 0 aromatic heterocycles. The van der Waals surface area contributed by atoms with Crippen LogP contribution in [0.4, 0.5) is 5.69 Å². The van der Waals surface area contributed by atoms with Gasteiger partial charge in [-0.05, 0) is 25.2 Å². The van der Waals surface area contributed by atoms with E-state index in [1.807, 2.05) is 25.2 Å². The van der Waals surface area contributed by atoms with E-state index in [1.165, 1.54) is 12.1 Å². The fourth-order valence-corrected chi connectivity index (χ4v) is 2.60. The molecule has 5 nitrogen and oxygen atoms in total. The third-order valence-corrected chi connectivity index (χ3v) is 3.64. The van der Waals surface area contributed by atoms with Gasteiger partial charge in [-0.15, -0.1) is 0 Å². The van der Waals surface area contributed by atoms with Crippen LogP contribution in [0, 0.1) is 10.1 Å². The molecule has 0 aliphatic carbocycles. The maximum Gasteiger partial charge on any atom is 0.274 e. The van der Waals surface area contributed by atoms with Gasteiger partial charge in [0.25, 0.3) is 5.69 Å². The lowest BCUT2D eigenvalue weighted by molar-refractivity contribution is -0.385. The van der Waals surface area contributed by atoms with Gasteiger partial charge in [0.1, 0.15) is 11.5 Å². The standard InChI is InChI=1S/C14H12Br2N2O3/c1-17-8-9-2-3-10(15)6-14(9)21-13-5-11(16)4-12(7-13)18(19)20/h2-7,17H,8H2,1H3. The molecule has 0 spiro atoms. The minimum Gasteiger partial charge on any atom is -0.457 e. The van der Waals surface area contributed by atoms with Crippen molar-refractivity contribution in [2.45, 2.75) is 6.54 Å². The maximum atomic E-state index is 10.9. The molecule has 0 aliphatic rings. The molecule has 0 aliphatic heterocycles. The molecule has 0 atom stereocenters. The van der Waals surface area contributed by atoms with Crippen molar-refractivity contribution in [1.82, 2.24) is 5.32 Å². The predicted molar refractivity (Wildman–Crippen MR) is 87.8 cm³/mol. The van der Waals surface area contributed by atoms with Gasteiger partial charge in [0.15, 0.2) is 0 Å². The van der Waals surface area contributed by atoms with E-state index < -0.39 is 4.92 Å². The highest BCUT2D eigenvalue weighted by Crippen LogP contribution is 2.32. The normalized spacial score (nSPS) is 10.4. The first-order valence-corrected chi connectivity index (χ1v) is 7.64. The summed E-state index contributed by atoms with van der Waals surface area (Å²) >= 11 is 6.65. The molecule has 0 unspecified atom stereocenters. The van der Waals surface area contributed by atoms with Gasteiger partial charge in [-0.1, -0.05) is 37.9 Å². The second-order valence-electron chi connectivity index (χ2n) is 4.29. The topological polar surface area (TPSA) is 64.4 Å². The number of non-ortho nitro benzene ring substituents is 1. The van der Waals surface area contributed by atoms with E-state index in [1.54, 1.807) is 6.07 Å². The number of hydrogen-bond acceptors (Lipinski definition) is 4. The highest BCUT2D eigenvalue weighted by atomic mass is 79.9. The van der Waals surface area contributed by atoms with E-state index in [4.69, 9.17) is 4.74 Å². The van der Waals surface area contributed by atoms with E-state index in [0.717, 1.165) is 10.0 Å². The van der Waals surface area contributed by atoms with Crippen molar-refractivity contribution in [2.75, 3.05) is 7.05 Å². The average Bonchev–Trinajstić information content (AvgIpc) is 2.41. The zero-order chi connectivity index (χ0) is 15.4. The number of nitro benzene ring substituents is 1. The van der Waals surface area contributed by atoms with Crippen LogP contribution in [-0.4, -0.2) is 12.0 Å². The Hall–Kier alpha value is -1.44. The van der Waals surface area contributed by atoms with Gasteiger partial charge in [0.2, 0.25) is 0 Å². The maximum absolute atomic E-state index is 10.9. The molecule has 0 saturated heterocycles. The average molecular weight is 416 g/mol. The zero-order valence-electron chi connectivity index (χ0n) is 11.1. The number of nitrogens with one attached hydrogen (secondary N) is 1. The summed E-state index contributed by atoms with van der Waals surface area (Å²) in [6, 6.07) is 10.2. The molecule has 21 heavy (non-hydrogen) atoms. The van der Waals surface area contributed by atoms with E-state index in [0.29, 0.717) is 22.5 Å². The highest BCUT2D eigenvalue weighted by Gasteiger charge is 2.12. The molecule has 0 heterocycles. The molecule has 2 aromatic carbocycles. The van der Waals surface area contributed by atoms with Gasteiger partial charge >= 0.3 is 0 Å². The summed E-state index contributed by atoms with van der Waals surface area (Å²) in [7, 11) is 1.84. The van der Waals surface area contributed by atoms with Crippen molar-refractivity contribution in [3.63, 3.8) is 0 Å². The van der Waals surface area contributed by atoms with Gasteiger partial charge in [-0.2, -0.15) is 0 Å². The first-order chi connectivity index (χ1) is 9.99. The third kappa shape index (κ3) is 4.26. The third-order valence-electron chi connectivity index (χ3n) is 2.69. The molecule has 0 radical (unpaired) electrons. The molecule has 0 saturated carbocycles. The number of hydrogen-bond donors (Lipinski definition) is 1. The van der Waals surface area contributed by atoms with Crippen LogP contribution in [-0.2, 0) is 6.54 Å². The van der Waals surface area contributed by atoms with Crippen LogP contribution in [0.2, 0.25) is 0 Å². The lowest BCUT2D eigenvalue weighted by atomic mass is 10.2. The van der Waals surface area contributed by atoms with Crippen molar-refractivity contribution in [3.8, 4) is 11.5 Å². The van der Waals surface area contributed by atoms with E-state index >= 15 is 0 Å². The van der Waals surface area contributed by atoms with Crippen LogP contribution in [0.3, 0.4) is 0 Å². The summed E-state index contributed by atoms with van der Waals surface area (Å²) in [4.78, 5) is 10.4. The van der Waals surface area contributed by atoms with E-state index in [9.17, 15) is 10.1 Å². The molecule has 0 bridgehead atoms. The predicted octanol–water partition coefficient (Wildman–Crippen LogP) is 4.63. The van der Waals surface area contributed by atoms with Gasteiger partial charge in [-0.3, -0.25) is 10.1 Å². The summed E-state index contributed by atoms with van der Waals surface area (Å²) in [6.07, 6.45) is 0. The first kappa shape index (κ1) is 15.9. The number of benzene rings is 2. The minimum atomic E-state index is -0.451. The Morgan fingerprint density at radius 1 is 1.19 bits per heavy atom. The van der Waals surface area contributed by atoms with Crippen LogP contribution in [0.5, 0.6) is 11.5 Å². The lowest BCUT2D eigenvalue weighted by Crippen LogP contribution is -2.06. The van der Waals surface area contributed by atoms with Crippen molar-refractivity contribution >= 4 is 37.5 Å². The van der Waals surface area contributed by atoms with Crippen LogP contribution < -0.4 is 10.1 Å². The van der Waals surface area contributed by atoms with E-state index in [-0.39, 0.29) is 5.69 Å². The van der Waals surface area contributed by atoms with Crippen LogP contribution in [0.1, 0.15) is 5.56 Å². The Morgan fingerprint density at radius 2 is 1.95 bits per heavy atom. The largest absolute Gasteiger partial charge is 0.457 e. The summed E-state index contributed by atoms with van der Waals surface area (Å²) in [5.41, 5.74) is 0.938. The zero-order valence-corrected chi connectivity index (χ0v) is 14.3. The second-order valence-corrected chi connectivity index (χ2v) is 6.12. The van der Waals surface area contributed by atoms with E-state index in [2.05, 4.69) is 37.2 Å². The molecule has 0 amide bonds. The molecule has 1 N–H and O–H groups in total. The van der Waals surface area contributed by atoms with Gasteiger partial charge in [0, 0.05) is 27.1 Å². The van der Waals surface area contributed by atoms with Gasteiger partial charge in [0.05, 0.1) is 11.0 Å². The number of ether oxygens (including phenoxy) is 1. The number of nitro groups is 1. The molecule has 7 heteroatoms. The summed E-state index contributed by atoms with van der Waals surface area (Å²) in [6.45, 7) is 0.638. The minimum absolute atomic E-state index is 0.0236. The Morgan fingerprint density at radius 3 is 2.62 bits per heavy atom. The molecule has 0 fully saturated rings. The molecule has 2 aromatic rings. The van der Waals surface area contributed by atoms with Crippen molar-refractivity contribution in [2.24, 2.45) is 0 Å². The Kier molecular flexibility index (Phi) is 5.33. The van der Waals surface area contributed by atoms with Crippen molar-refractivity contribution in [1.29, 1.82) is 0 Å². The monoisotopic (exact) mass is 414 g/mol. The van der Waals surface area contributed by atoms with Gasteiger partial charge in [-0.25, -0.2) is 0 Å². The Balaban J connectivity index is 2.37. The molecule has 2 rings (SSSR count). The second kappa shape index (κ2) is 7.02.